The molecule has 1 aromatic carbocycles. The predicted octanol–water partition coefficient (Wildman–Crippen LogP) is 2.59. The molecular formula is C12H12BrNO2. The zero-order valence-electron chi connectivity index (χ0n) is 8.78. The number of hydrogen-bond acceptors (Lipinski definition) is 3. The van der Waals surface area contributed by atoms with Crippen LogP contribution in [-0.2, 0) is 4.74 Å². The normalized spacial score (nSPS) is 23.4. The van der Waals surface area contributed by atoms with Crippen LogP contribution in [0, 0.1) is 0 Å². The minimum absolute atomic E-state index is 0.197. The number of hydrogen-bond donors (Lipinski definition) is 0. The number of nitrogens with zero attached hydrogens (tertiary/aromatic N) is 1. The molecule has 1 fully saturated rings. The average molecular weight is 282 g/mol. The zero-order valence-corrected chi connectivity index (χ0v) is 10.4. The SMILES string of the molecule is O=C1OCC2CCCN2c2cc(Br)ccc21. The second kappa shape index (κ2) is 3.77. The van der Waals surface area contributed by atoms with E-state index in [2.05, 4.69) is 20.8 Å². The largest absolute Gasteiger partial charge is 0.460 e. The van der Waals surface area contributed by atoms with Gasteiger partial charge in [-0.15, -0.1) is 0 Å². The smallest absolute Gasteiger partial charge is 0.340 e. The molecule has 1 atom stereocenters. The molecule has 4 heteroatoms. The molecule has 0 saturated carbocycles. The molecule has 0 bridgehead atoms. The highest BCUT2D eigenvalue weighted by molar-refractivity contribution is 9.10. The highest BCUT2D eigenvalue weighted by Crippen LogP contribution is 2.33. The van der Waals surface area contributed by atoms with Gasteiger partial charge in [-0.05, 0) is 31.0 Å². The van der Waals surface area contributed by atoms with E-state index in [1.165, 1.54) is 6.42 Å². The molecule has 1 saturated heterocycles. The van der Waals surface area contributed by atoms with Crippen molar-refractivity contribution in [3.63, 3.8) is 0 Å². The van der Waals surface area contributed by atoms with E-state index >= 15 is 0 Å². The maximum absolute atomic E-state index is 11.8. The molecule has 1 aromatic rings. The van der Waals surface area contributed by atoms with E-state index in [0.29, 0.717) is 18.2 Å². The maximum atomic E-state index is 11.8. The first-order valence-corrected chi connectivity index (χ1v) is 6.28. The Hall–Kier alpha value is -1.03. The molecule has 3 nitrogen and oxygen atoms in total. The first-order chi connectivity index (χ1) is 7.75. The van der Waals surface area contributed by atoms with Crippen LogP contribution >= 0.6 is 15.9 Å². The van der Waals surface area contributed by atoms with Gasteiger partial charge in [0.05, 0.1) is 17.3 Å². The molecule has 1 unspecified atom stereocenters. The number of halogens is 1. The molecule has 2 aliphatic heterocycles. The molecule has 0 radical (unpaired) electrons. The lowest BCUT2D eigenvalue weighted by Gasteiger charge is -2.24. The van der Waals surface area contributed by atoms with E-state index in [9.17, 15) is 4.79 Å². The summed E-state index contributed by atoms with van der Waals surface area (Å²) in [7, 11) is 0. The van der Waals surface area contributed by atoms with Gasteiger partial charge in [-0.1, -0.05) is 15.9 Å². The molecule has 0 N–H and O–H groups in total. The number of cyclic esters (lactones) is 1. The van der Waals surface area contributed by atoms with Crippen LogP contribution in [0.5, 0.6) is 0 Å². The van der Waals surface area contributed by atoms with Crippen LogP contribution < -0.4 is 4.90 Å². The number of rotatable bonds is 0. The van der Waals surface area contributed by atoms with E-state index < -0.39 is 0 Å². The van der Waals surface area contributed by atoms with E-state index in [1.807, 2.05) is 18.2 Å². The lowest BCUT2D eigenvalue weighted by atomic mass is 10.1. The standard InChI is InChI=1S/C12H12BrNO2/c13-8-3-4-10-11(6-8)14-5-1-2-9(14)7-16-12(10)15/h3-4,6,9H,1-2,5,7H2. The molecule has 2 aliphatic rings. The minimum atomic E-state index is -0.197. The molecule has 0 aromatic heterocycles. The van der Waals surface area contributed by atoms with Crippen LogP contribution in [0.3, 0.4) is 0 Å². The van der Waals surface area contributed by atoms with Crippen LogP contribution in [0.15, 0.2) is 22.7 Å². The van der Waals surface area contributed by atoms with Gasteiger partial charge in [0.1, 0.15) is 6.61 Å². The summed E-state index contributed by atoms with van der Waals surface area (Å²) in [5.41, 5.74) is 1.70. The minimum Gasteiger partial charge on any atom is -0.460 e. The average Bonchev–Trinajstić information content (AvgIpc) is 2.69. The van der Waals surface area contributed by atoms with Crippen molar-refractivity contribution in [2.24, 2.45) is 0 Å². The van der Waals surface area contributed by atoms with Crippen molar-refractivity contribution in [3.8, 4) is 0 Å². The maximum Gasteiger partial charge on any atom is 0.340 e. The molecule has 2 heterocycles. The number of carbonyl (C=O) groups is 1. The van der Waals surface area contributed by atoms with Crippen molar-refractivity contribution in [1.82, 2.24) is 0 Å². The van der Waals surface area contributed by atoms with Gasteiger partial charge in [-0.3, -0.25) is 0 Å². The van der Waals surface area contributed by atoms with Gasteiger partial charge in [-0.25, -0.2) is 4.79 Å². The second-order valence-electron chi connectivity index (χ2n) is 4.25. The summed E-state index contributed by atoms with van der Waals surface area (Å²) in [5, 5.41) is 0. The highest BCUT2D eigenvalue weighted by Gasteiger charge is 2.32. The monoisotopic (exact) mass is 281 g/mol. The quantitative estimate of drug-likeness (QED) is 0.685. The Bertz CT molecular complexity index is 447. The van der Waals surface area contributed by atoms with Crippen molar-refractivity contribution in [1.29, 1.82) is 0 Å². The van der Waals surface area contributed by atoms with E-state index in [-0.39, 0.29) is 5.97 Å². The molecule has 3 rings (SSSR count). The Balaban J connectivity index is 2.13. The van der Waals surface area contributed by atoms with E-state index in [4.69, 9.17) is 4.74 Å². The molecule has 0 spiro atoms. The van der Waals surface area contributed by atoms with Crippen LogP contribution in [0.25, 0.3) is 0 Å². The van der Waals surface area contributed by atoms with Crippen molar-refractivity contribution < 1.29 is 9.53 Å². The topological polar surface area (TPSA) is 29.5 Å². The van der Waals surface area contributed by atoms with Crippen molar-refractivity contribution in [3.05, 3.63) is 28.2 Å². The fourth-order valence-corrected chi connectivity index (χ4v) is 2.84. The molecule has 0 amide bonds. The molecule has 16 heavy (non-hydrogen) atoms. The van der Waals surface area contributed by atoms with Gasteiger partial charge >= 0.3 is 5.97 Å². The Morgan fingerprint density at radius 2 is 2.31 bits per heavy atom. The summed E-state index contributed by atoms with van der Waals surface area (Å²) in [6.45, 7) is 1.54. The van der Waals surface area contributed by atoms with Gasteiger partial charge in [0.2, 0.25) is 0 Å². The fourth-order valence-electron chi connectivity index (χ4n) is 2.49. The number of anilines is 1. The van der Waals surface area contributed by atoms with Crippen molar-refractivity contribution in [2.75, 3.05) is 18.1 Å². The molecule has 0 aliphatic carbocycles. The summed E-state index contributed by atoms with van der Waals surface area (Å²) in [6.07, 6.45) is 2.29. The van der Waals surface area contributed by atoms with Gasteiger partial charge in [0.25, 0.3) is 0 Å². The van der Waals surface area contributed by atoms with Crippen LogP contribution in [0.1, 0.15) is 23.2 Å². The first kappa shape index (κ1) is 10.1. The van der Waals surface area contributed by atoms with Gasteiger partial charge in [0.15, 0.2) is 0 Å². The summed E-state index contributed by atoms with van der Waals surface area (Å²) in [4.78, 5) is 14.1. The number of benzene rings is 1. The Morgan fingerprint density at radius 3 is 3.19 bits per heavy atom. The van der Waals surface area contributed by atoms with E-state index in [0.717, 1.165) is 23.1 Å². The van der Waals surface area contributed by atoms with Crippen molar-refractivity contribution in [2.45, 2.75) is 18.9 Å². The number of carbonyl (C=O) groups excluding carboxylic acids is 1. The summed E-state index contributed by atoms with van der Waals surface area (Å²) < 4.78 is 6.29. The van der Waals surface area contributed by atoms with Crippen LogP contribution in [0.4, 0.5) is 5.69 Å². The lowest BCUT2D eigenvalue weighted by Crippen LogP contribution is -2.31. The van der Waals surface area contributed by atoms with Gasteiger partial charge in [-0.2, -0.15) is 0 Å². The fraction of sp³-hybridized carbons (Fsp3) is 0.417. The summed E-state index contributed by atoms with van der Waals surface area (Å²) in [5.74, 6) is -0.197. The lowest BCUT2D eigenvalue weighted by molar-refractivity contribution is 0.0496. The van der Waals surface area contributed by atoms with Crippen LogP contribution in [-0.4, -0.2) is 25.2 Å². The third-order valence-corrected chi connectivity index (χ3v) is 3.77. The predicted molar refractivity (Wildman–Crippen MR) is 64.8 cm³/mol. The van der Waals surface area contributed by atoms with Gasteiger partial charge in [0, 0.05) is 11.0 Å². The summed E-state index contributed by atoms with van der Waals surface area (Å²) in [6, 6.07) is 6.10. The number of ether oxygens (including phenoxy) is 1. The van der Waals surface area contributed by atoms with Crippen molar-refractivity contribution >= 4 is 27.6 Å². The molecule has 84 valence electrons. The number of fused-ring (bicyclic) bond motifs is 3. The third kappa shape index (κ3) is 1.52. The third-order valence-electron chi connectivity index (χ3n) is 3.27. The van der Waals surface area contributed by atoms with E-state index in [1.54, 1.807) is 0 Å². The van der Waals surface area contributed by atoms with Crippen LogP contribution in [0.2, 0.25) is 0 Å². The first-order valence-electron chi connectivity index (χ1n) is 5.49. The Labute approximate surface area is 103 Å². The zero-order chi connectivity index (χ0) is 11.1. The Kier molecular flexibility index (Phi) is 2.39. The molecular weight excluding hydrogens is 270 g/mol. The second-order valence-corrected chi connectivity index (χ2v) is 5.17. The number of esters is 1. The highest BCUT2D eigenvalue weighted by atomic mass is 79.9. The Morgan fingerprint density at radius 1 is 1.44 bits per heavy atom. The summed E-state index contributed by atoms with van der Waals surface area (Å²) >= 11 is 3.45. The van der Waals surface area contributed by atoms with Gasteiger partial charge < -0.3 is 9.64 Å².